The molecule has 2 N–H and O–H groups in total. The molecule has 3 aromatic carbocycles. The number of rotatable bonds is 7. The van der Waals surface area contributed by atoms with Crippen LogP contribution in [0, 0.1) is 0 Å². The van der Waals surface area contributed by atoms with Crippen molar-refractivity contribution in [1.29, 1.82) is 0 Å². The van der Waals surface area contributed by atoms with Crippen LogP contribution in [0.2, 0.25) is 0 Å². The summed E-state index contributed by atoms with van der Waals surface area (Å²) in [5.74, 6) is 0.100. The van der Waals surface area contributed by atoms with Crippen molar-refractivity contribution in [2.75, 3.05) is 25.0 Å². The van der Waals surface area contributed by atoms with Gasteiger partial charge in [0.15, 0.2) is 17.0 Å². The van der Waals surface area contributed by atoms with Crippen molar-refractivity contribution in [1.82, 2.24) is 24.4 Å². The number of fused-ring (bicyclic) bond motifs is 1. The molecule has 2 aromatic heterocycles. The molecule has 1 saturated heterocycles. The van der Waals surface area contributed by atoms with E-state index in [1.807, 2.05) is 22.8 Å². The van der Waals surface area contributed by atoms with Crippen LogP contribution in [0.4, 0.5) is 5.82 Å². The number of amides is 1. The van der Waals surface area contributed by atoms with Crippen LogP contribution >= 0.6 is 0 Å². The molecule has 9 heteroatoms. The molecule has 0 bridgehead atoms. The summed E-state index contributed by atoms with van der Waals surface area (Å²) in [7, 11) is 0. The monoisotopic (exact) mass is 534 g/mol. The molecule has 0 spiro atoms. The molecule has 5 aromatic rings. The molecule has 1 fully saturated rings. The van der Waals surface area contributed by atoms with Crippen molar-refractivity contribution in [3.63, 3.8) is 0 Å². The van der Waals surface area contributed by atoms with E-state index in [0.717, 1.165) is 16.7 Å². The van der Waals surface area contributed by atoms with Crippen LogP contribution < -0.4 is 5.32 Å². The van der Waals surface area contributed by atoms with Crippen molar-refractivity contribution < 1.29 is 14.6 Å². The minimum atomic E-state index is -0.675. The normalized spacial score (nSPS) is 18.1. The Morgan fingerprint density at radius 1 is 0.900 bits per heavy atom. The van der Waals surface area contributed by atoms with E-state index in [-0.39, 0.29) is 12.5 Å². The molecule has 1 aliphatic heterocycles. The number of aromatic nitrogens is 4. The van der Waals surface area contributed by atoms with Crippen molar-refractivity contribution in [3.05, 3.63) is 120 Å². The van der Waals surface area contributed by atoms with E-state index in [1.165, 1.54) is 13.3 Å². The molecule has 40 heavy (non-hydrogen) atoms. The summed E-state index contributed by atoms with van der Waals surface area (Å²) in [6.45, 7) is 2.24. The molecule has 2 atom stereocenters. The van der Waals surface area contributed by atoms with Gasteiger partial charge in [0.1, 0.15) is 12.6 Å². The van der Waals surface area contributed by atoms with Crippen LogP contribution in [-0.2, 0) is 15.1 Å². The summed E-state index contributed by atoms with van der Waals surface area (Å²) in [6.07, 6.45) is 2.07. The summed E-state index contributed by atoms with van der Waals surface area (Å²) in [4.78, 5) is 27.3. The van der Waals surface area contributed by atoms with E-state index >= 15 is 0 Å². The van der Waals surface area contributed by atoms with Gasteiger partial charge in [-0.3, -0.25) is 14.3 Å². The fraction of sp³-hybridized carbons (Fsp3) is 0.226. The second-order valence-electron chi connectivity index (χ2n) is 9.84. The van der Waals surface area contributed by atoms with Gasteiger partial charge >= 0.3 is 0 Å². The van der Waals surface area contributed by atoms with Crippen molar-refractivity contribution >= 4 is 22.9 Å². The minimum Gasteiger partial charge on any atom is -0.394 e. The van der Waals surface area contributed by atoms with Crippen LogP contribution in [0.5, 0.6) is 0 Å². The van der Waals surface area contributed by atoms with Crippen molar-refractivity contribution in [3.8, 4) is 0 Å². The lowest BCUT2D eigenvalue weighted by molar-refractivity contribution is -0.148. The number of benzene rings is 3. The van der Waals surface area contributed by atoms with Crippen molar-refractivity contribution in [2.24, 2.45) is 0 Å². The van der Waals surface area contributed by atoms with Crippen LogP contribution in [-0.4, -0.2) is 61.2 Å². The zero-order valence-corrected chi connectivity index (χ0v) is 22.1. The summed E-state index contributed by atoms with van der Waals surface area (Å²) in [5, 5.41) is 13.1. The third-order valence-electron chi connectivity index (χ3n) is 7.37. The van der Waals surface area contributed by atoms with Gasteiger partial charge in [-0.05, 0) is 16.7 Å². The number of morpholine rings is 1. The highest BCUT2D eigenvalue weighted by Gasteiger charge is 2.46. The van der Waals surface area contributed by atoms with Gasteiger partial charge in [-0.2, -0.15) is 0 Å². The van der Waals surface area contributed by atoms with E-state index in [9.17, 15) is 9.90 Å². The maximum atomic E-state index is 11.7. The second kappa shape index (κ2) is 11.0. The maximum absolute atomic E-state index is 11.7. The van der Waals surface area contributed by atoms with Crippen LogP contribution in [0.15, 0.2) is 104 Å². The molecule has 6 rings (SSSR count). The Morgan fingerprint density at radius 3 is 2.00 bits per heavy atom. The first kappa shape index (κ1) is 25.8. The number of carbonyl (C=O) groups excluding carboxylic acids is 1. The highest BCUT2D eigenvalue weighted by molar-refractivity contribution is 5.95. The Hall–Kier alpha value is -4.44. The third kappa shape index (κ3) is 4.54. The summed E-state index contributed by atoms with van der Waals surface area (Å²) < 4.78 is 8.28. The standard InChI is InChI=1S/C31H30N6O3/c1-22(39)35-29-28-30(33-20-32-29)37(21-34-28)27-18-36(17-26(19-38)40-27)31(23-11-5-2-6-12-23,24-13-7-3-8-14-24)25-15-9-4-10-16-25/h2-16,20-21,26-27,38H,17-19H2,1H3,(H,32,33,35,39)/t26-,27+/m0/s1. The Bertz CT molecular complexity index is 1500. The van der Waals surface area contributed by atoms with Gasteiger partial charge in [0.05, 0.1) is 24.6 Å². The number of ether oxygens (including phenoxy) is 1. The largest absolute Gasteiger partial charge is 0.394 e. The number of hydrogen-bond acceptors (Lipinski definition) is 7. The molecule has 202 valence electrons. The number of carbonyl (C=O) groups is 1. The molecule has 3 heterocycles. The molecule has 1 aliphatic rings. The fourth-order valence-electron chi connectivity index (χ4n) is 5.75. The van der Waals surface area contributed by atoms with E-state index in [2.05, 4.69) is 98.0 Å². The van der Waals surface area contributed by atoms with Crippen LogP contribution in [0.25, 0.3) is 11.2 Å². The smallest absolute Gasteiger partial charge is 0.222 e. The molecular formula is C31H30N6O3. The first-order valence-electron chi connectivity index (χ1n) is 13.2. The molecule has 9 nitrogen and oxygen atoms in total. The first-order valence-corrected chi connectivity index (χ1v) is 13.2. The highest BCUT2D eigenvalue weighted by Crippen LogP contribution is 2.44. The van der Waals surface area contributed by atoms with Gasteiger partial charge in [0.25, 0.3) is 0 Å². The third-order valence-corrected chi connectivity index (χ3v) is 7.37. The number of aliphatic hydroxyl groups excluding tert-OH is 1. The van der Waals surface area contributed by atoms with E-state index in [0.29, 0.717) is 30.1 Å². The lowest BCUT2D eigenvalue weighted by atomic mass is 9.75. The Balaban J connectivity index is 1.52. The molecule has 1 amide bonds. The van der Waals surface area contributed by atoms with Gasteiger partial charge < -0.3 is 15.2 Å². The summed E-state index contributed by atoms with van der Waals surface area (Å²) >= 11 is 0. The Morgan fingerprint density at radius 2 is 1.48 bits per heavy atom. The summed E-state index contributed by atoms with van der Waals surface area (Å²) in [5.41, 5.74) is 3.65. The average Bonchev–Trinajstić information content (AvgIpc) is 3.44. The molecule has 0 unspecified atom stereocenters. The number of hydrogen-bond donors (Lipinski definition) is 2. The number of aliphatic hydroxyl groups is 1. The van der Waals surface area contributed by atoms with E-state index in [4.69, 9.17) is 4.74 Å². The lowest BCUT2D eigenvalue weighted by Crippen LogP contribution is -2.57. The lowest BCUT2D eigenvalue weighted by Gasteiger charge is -2.50. The second-order valence-corrected chi connectivity index (χ2v) is 9.84. The minimum absolute atomic E-state index is 0.153. The molecule has 0 aliphatic carbocycles. The zero-order valence-electron chi connectivity index (χ0n) is 22.1. The topological polar surface area (TPSA) is 105 Å². The Kier molecular flexibility index (Phi) is 7.08. The molecule has 0 radical (unpaired) electrons. The predicted octanol–water partition coefficient (Wildman–Crippen LogP) is 3.97. The van der Waals surface area contributed by atoms with E-state index < -0.39 is 17.9 Å². The first-order chi connectivity index (χ1) is 19.6. The van der Waals surface area contributed by atoms with Crippen molar-refractivity contribution in [2.45, 2.75) is 24.8 Å². The zero-order chi connectivity index (χ0) is 27.5. The van der Waals surface area contributed by atoms with Gasteiger partial charge in [0.2, 0.25) is 5.91 Å². The van der Waals surface area contributed by atoms with Gasteiger partial charge in [-0.15, -0.1) is 0 Å². The average molecular weight is 535 g/mol. The highest BCUT2D eigenvalue weighted by atomic mass is 16.5. The maximum Gasteiger partial charge on any atom is 0.222 e. The van der Waals surface area contributed by atoms with Gasteiger partial charge in [-0.1, -0.05) is 91.0 Å². The number of nitrogens with zero attached hydrogens (tertiary/aromatic N) is 5. The van der Waals surface area contributed by atoms with Crippen LogP contribution in [0.3, 0.4) is 0 Å². The SMILES string of the molecule is CC(=O)Nc1ncnc2c1ncn2[C@H]1CN(C(c2ccccc2)(c2ccccc2)c2ccccc2)C[C@@H](CO)O1. The number of nitrogens with one attached hydrogen (secondary N) is 1. The molecular weight excluding hydrogens is 504 g/mol. The molecule has 0 saturated carbocycles. The van der Waals surface area contributed by atoms with E-state index in [1.54, 1.807) is 6.33 Å². The van der Waals surface area contributed by atoms with Gasteiger partial charge in [0, 0.05) is 20.0 Å². The number of anilines is 1. The number of imidazole rings is 1. The quantitative estimate of drug-likeness (QED) is 0.305. The fourth-order valence-corrected chi connectivity index (χ4v) is 5.75. The Labute approximate surface area is 232 Å². The predicted molar refractivity (Wildman–Crippen MR) is 151 cm³/mol. The van der Waals surface area contributed by atoms with Gasteiger partial charge in [-0.25, -0.2) is 15.0 Å². The van der Waals surface area contributed by atoms with Crippen LogP contribution in [0.1, 0.15) is 29.8 Å². The summed E-state index contributed by atoms with van der Waals surface area (Å²) in [6, 6.07) is 31.3.